The summed E-state index contributed by atoms with van der Waals surface area (Å²) in [6, 6.07) is 10.4. The van der Waals surface area contributed by atoms with Crippen molar-refractivity contribution in [1.29, 1.82) is 0 Å². The molecule has 2 heterocycles. The molecule has 2 aromatic carbocycles. The number of ketones is 1. The summed E-state index contributed by atoms with van der Waals surface area (Å²) in [5.41, 5.74) is 6.89. The summed E-state index contributed by atoms with van der Waals surface area (Å²) in [6.07, 6.45) is 1.70. The molecular weight excluding hydrogens is 477 g/mol. The highest BCUT2D eigenvalue weighted by Crippen LogP contribution is 2.36. The summed E-state index contributed by atoms with van der Waals surface area (Å²) in [6.45, 7) is -0.262. The molecule has 0 saturated carbocycles. The van der Waals surface area contributed by atoms with E-state index in [1.54, 1.807) is 12.1 Å². The standard InChI is InChI=1S/C21H22BN5O7S/c23-15-4-6-18(7-5-15)35(32,33)24-10-16-11-27(26-25-16)12-17(28)9-14-8-13-2-1-3-19(21(29)30)20(13)34-22(14)31/h1-7,11,14,24,31H,8-10,12,23H2,(H,29,30)/t14-/m1/s1. The number of nitrogen functional groups attached to an aromatic ring is 1. The van der Waals surface area contributed by atoms with E-state index in [1.165, 1.54) is 41.2 Å². The van der Waals surface area contributed by atoms with Gasteiger partial charge in [-0.3, -0.25) is 4.79 Å². The van der Waals surface area contributed by atoms with Crippen LogP contribution in [0.1, 0.15) is 28.0 Å². The molecule has 5 N–H and O–H groups in total. The van der Waals surface area contributed by atoms with E-state index in [0.29, 0.717) is 16.9 Å². The number of aromatic nitrogens is 3. The van der Waals surface area contributed by atoms with E-state index < -0.39 is 28.9 Å². The number of hydrogen-bond donors (Lipinski definition) is 4. The number of benzene rings is 2. The Bertz CT molecular complexity index is 1360. The number of para-hydroxylation sites is 1. The van der Waals surface area contributed by atoms with Gasteiger partial charge in [0.25, 0.3) is 0 Å². The van der Waals surface area contributed by atoms with Gasteiger partial charge in [-0.05, 0) is 42.3 Å². The van der Waals surface area contributed by atoms with Crippen molar-refractivity contribution in [3.05, 3.63) is 65.5 Å². The molecule has 182 valence electrons. The number of aromatic carboxylic acids is 1. The van der Waals surface area contributed by atoms with Gasteiger partial charge in [-0.2, -0.15) is 0 Å². The first kappa shape index (κ1) is 24.4. The van der Waals surface area contributed by atoms with Gasteiger partial charge in [0.15, 0.2) is 5.78 Å². The molecule has 0 spiro atoms. The van der Waals surface area contributed by atoms with E-state index >= 15 is 0 Å². The molecule has 0 unspecified atom stereocenters. The molecule has 35 heavy (non-hydrogen) atoms. The average Bonchev–Trinajstić information content (AvgIpc) is 3.25. The number of nitrogens with zero attached hydrogens (tertiary/aromatic N) is 3. The lowest BCUT2D eigenvalue weighted by atomic mass is 9.64. The molecule has 3 aromatic rings. The zero-order valence-corrected chi connectivity index (χ0v) is 19.2. The van der Waals surface area contributed by atoms with Crippen molar-refractivity contribution in [3.8, 4) is 5.75 Å². The van der Waals surface area contributed by atoms with Crippen LogP contribution < -0.4 is 15.1 Å². The third-order valence-electron chi connectivity index (χ3n) is 5.50. The maximum atomic E-state index is 12.6. The number of carboxylic acids is 1. The van der Waals surface area contributed by atoms with E-state index in [2.05, 4.69) is 15.0 Å². The second-order valence-corrected chi connectivity index (χ2v) is 9.88. The molecule has 0 fully saturated rings. The largest absolute Gasteiger partial charge is 0.535 e. The number of hydrogen-bond acceptors (Lipinski definition) is 9. The predicted molar refractivity (Wildman–Crippen MR) is 124 cm³/mol. The topological polar surface area (TPSA) is 187 Å². The van der Waals surface area contributed by atoms with Gasteiger partial charge in [-0.1, -0.05) is 17.3 Å². The number of rotatable bonds is 9. The van der Waals surface area contributed by atoms with Crippen LogP contribution in [0.4, 0.5) is 5.69 Å². The zero-order valence-electron chi connectivity index (χ0n) is 18.4. The van der Waals surface area contributed by atoms with E-state index in [-0.39, 0.29) is 47.9 Å². The van der Waals surface area contributed by atoms with Gasteiger partial charge in [-0.25, -0.2) is 22.6 Å². The van der Waals surface area contributed by atoms with Crippen molar-refractivity contribution in [1.82, 2.24) is 19.7 Å². The average molecular weight is 499 g/mol. The highest BCUT2D eigenvalue weighted by molar-refractivity contribution is 7.89. The maximum Gasteiger partial charge on any atom is 0.526 e. The molecule has 0 bridgehead atoms. The Hall–Kier alpha value is -3.75. The summed E-state index contributed by atoms with van der Waals surface area (Å²) in [4.78, 5) is 24.0. The van der Waals surface area contributed by atoms with Crippen molar-refractivity contribution in [3.63, 3.8) is 0 Å². The van der Waals surface area contributed by atoms with E-state index in [1.807, 2.05) is 0 Å². The Labute approximate surface area is 200 Å². The number of fused-ring (bicyclic) bond motifs is 1. The number of carbonyl (C=O) groups excluding carboxylic acids is 1. The second-order valence-electron chi connectivity index (χ2n) is 8.12. The smallest absolute Gasteiger partial charge is 0.526 e. The van der Waals surface area contributed by atoms with Gasteiger partial charge in [-0.15, -0.1) is 5.10 Å². The summed E-state index contributed by atoms with van der Waals surface area (Å²) in [5.74, 6) is -1.87. The van der Waals surface area contributed by atoms with Crippen LogP contribution in [-0.4, -0.2) is 52.4 Å². The summed E-state index contributed by atoms with van der Waals surface area (Å²) in [7, 11) is -5.11. The Kier molecular flexibility index (Phi) is 6.87. The van der Waals surface area contributed by atoms with Crippen LogP contribution in [0.25, 0.3) is 0 Å². The van der Waals surface area contributed by atoms with E-state index in [4.69, 9.17) is 10.4 Å². The minimum atomic E-state index is -3.78. The number of sulfonamides is 1. The molecule has 1 aliphatic heterocycles. The first-order valence-electron chi connectivity index (χ1n) is 10.6. The van der Waals surface area contributed by atoms with Gasteiger partial charge in [0.05, 0.1) is 28.9 Å². The maximum absolute atomic E-state index is 12.6. The van der Waals surface area contributed by atoms with Crippen molar-refractivity contribution in [2.24, 2.45) is 0 Å². The molecule has 0 radical (unpaired) electrons. The number of nitrogens with one attached hydrogen (secondary N) is 1. The Balaban J connectivity index is 1.33. The first-order valence-corrected chi connectivity index (χ1v) is 12.1. The monoisotopic (exact) mass is 499 g/mol. The third kappa shape index (κ3) is 5.67. The third-order valence-corrected chi connectivity index (χ3v) is 6.92. The zero-order chi connectivity index (χ0) is 25.2. The van der Waals surface area contributed by atoms with Crippen LogP contribution in [0.2, 0.25) is 5.82 Å². The molecule has 0 amide bonds. The van der Waals surface area contributed by atoms with Gasteiger partial charge in [0.2, 0.25) is 10.0 Å². The molecule has 1 aliphatic rings. The molecular formula is C21H22BN5O7S. The number of carboxylic acid groups (broad SMARTS) is 1. The van der Waals surface area contributed by atoms with Crippen LogP contribution >= 0.6 is 0 Å². The molecule has 0 aliphatic carbocycles. The van der Waals surface area contributed by atoms with Gasteiger partial charge < -0.3 is 20.5 Å². The fraction of sp³-hybridized carbons (Fsp3) is 0.238. The minimum Gasteiger partial charge on any atom is -0.535 e. The van der Waals surface area contributed by atoms with Crippen LogP contribution in [0, 0.1) is 0 Å². The lowest BCUT2D eigenvalue weighted by molar-refractivity contribution is -0.120. The Morgan fingerprint density at radius 1 is 1.23 bits per heavy atom. The summed E-state index contributed by atoms with van der Waals surface area (Å²) in [5, 5.41) is 27.3. The molecule has 12 nitrogen and oxygen atoms in total. The van der Waals surface area contributed by atoms with Gasteiger partial charge >= 0.3 is 13.1 Å². The SMILES string of the molecule is Nc1ccc(S(=O)(=O)NCc2cn(CC(=O)C[C@H]3Cc4cccc(C(=O)O)c4OB3O)nn2)cc1. The lowest BCUT2D eigenvalue weighted by Crippen LogP contribution is -2.36. The number of carbonyl (C=O) groups is 2. The Morgan fingerprint density at radius 2 is 1.97 bits per heavy atom. The molecule has 0 saturated heterocycles. The van der Waals surface area contributed by atoms with Crippen LogP contribution in [0.15, 0.2) is 53.6 Å². The number of nitrogens with two attached hydrogens (primary N) is 1. The first-order chi connectivity index (χ1) is 16.6. The van der Waals surface area contributed by atoms with Crippen molar-refractivity contribution in [2.75, 3.05) is 5.73 Å². The quantitative estimate of drug-likeness (QED) is 0.238. The number of Topliss-reactive ketones (excluding diaryl/α,β-unsaturated/α-hetero) is 1. The summed E-state index contributed by atoms with van der Waals surface area (Å²) >= 11 is 0. The fourth-order valence-corrected chi connectivity index (χ4v) is 4.76. The van der Waals surface area contributed by atoms with Crippen molar-refractivity contribution >= 4 is 34.6 Å². The highest BCUT2D eigenvalue weighted by atomic mass is 32.2. The van der Waals surface area contributed by atoms with Crippen LogP contribution in [-0.2, 0) is 34.3 Å². The molecule has 1 atom stereocenters. The molecule has 14 heteroatoms. The number of anilines is 1. The van der Waals surface area contributed by atoms with Gasteiger partial charge in [0, 0.05) is 17.9 Å². The van der Waals surface area contributed by atoms with E-state index in [9.17, 15) is 28.1 Å². The predicted octanol–water partition coefficient (Wildman–Crippen LogP) is 0.482. The van der Waals surface area contributed by atoms with Gasteiger partial charge in [0.1, 0.15) is 12.3 Å². The minimum absolute atomic E-state index is 0.0309. The van der Waals surface area contributed by atoms with Crippen molar-refractivity contribution in [2.45, 2.75) is 36.6 Å². The summed E-state index contributed by atoms with van der Waals surface area (Å²) < 4.78 is 33.8. The lowest BCUT2D eigenvalue weighted by Gasteiger charge is -2.27. The normalized spacial score (nSPS) is 15.3. The molecule has 1 aromatic heterocycles. The second kappa shape index (κ2) is 9.86. The van der Waals surface area contributed by atoms with Crippen LogP contribution in [0.5, 0.6) is 5.75 Å². The highest BCUT2D eigenvalue weighted by Gasteiger charge is 2.37. The Morgan fingerprint density at radius 3 is 2.69 bits per heavy atom. The van der Waals surface area contributed by atoms with E-state index in [0.717, 1.165) is 0 Å². The van der Waals surface area contributed by atoms with Crippen molar-refractivity contribution < 1.29 is 32.8 Å². The molecule has 4 rings (SSSR count). The fourth-order valence-electron chi connectivity index (χ4n) is 3.76. The van der Waals surface area contributed by atoms with Crippen LogP contribution in [0.3, 0.4) is 0 Å².